The molecule has 1 amide bonds. The molecule has 0 aliphatic rings. The molecule has 4 nitrogen and oxygen atoms in total. The lowest BCUT2D eigenvalue weighted by Crippen LogP contribution is -2.11. The lowest BCUT2D eigenvalue weighted by atomic mass is 10.1. The molecular weight excluding hydrogens is 178 g/mol. The Morgan fingerprint density at radius 2 is 2.36 bits per heavy atom. The average Bonchev–Trinajstić information content (AvgIpc) is 2.59. The van der Waals surface area contributed by atoms with Gasteiger partial charge in [-0.25, -0.2) is 0 Å². The number of carbonyl (C=O) groups is 1. The van der Waals surface area contributed by atoms with Gasteiger partial charge >= 0.3 is 0 Å². The Balaban J connectivity index is 2.73. The minimum absolute atomic E-state index is 0.239. The Morgan fingerprint density at radius 1 is 1.57 bits per heavy atom. The highest BCUT2D eigenvalue weighted by atomic mass is 16.1. The number of nitrogens with zero attached hydrogens (tertiary/aromatic N) is 1. The molecule has 68 valence electrons. The van der Waals surface area contributed by atoms with Gasteiger partial charge in [-0.2, -0.15) is 5.10 Å². The number of rotatable bonds is 1. The average molecular weight is 185 g/mol. The number of aromatic nitrogens is 2. The quantitative estimate of drug-likeness (QED) is 0.640. The highest BCUT2D eigenvalue weighted by Gasteiger charge is 2.09. The van der Waals surface area contributed by atoms with Crippen molar-refractivity contribution < 1.29 is 4.79 Å². The predicted octanol–water partition coefficient (Wildman–Crippen LogP) is 0.643. The van der Waals surface area contributed by atoms with Crippen LogP contribution in [0.3, 0.4) is 0 Å². The second-order valence-corrected chi connectivity index (χ2v) is 2.84. The van der Waals surface area contributed by atoms with Gasteiger partial charge < -0.3 is 5.73 Å². The lowest BCUT2D eigenvalue weighted by molar-refractivity contribution is 0.0997. The summed E-state index contributed by atoms with van der Waals surface area (Å²) in [4.78, 5) is 10.9. The van der Waals surface area contributed by atoms with Gasteiger partial charge in [0, 0.05) is 10.9 Å². The Morgan fingerprint density at radius 3 is 3.00 bits per heavy atom. The SMILES string of the molecule is C#Cc1ccc2c(C(N)=O)n[nH]c2c1. The molecule has 2 rings (SSSR count). The first-order valence-corrected chi connectivity index (χ1v) is 3.97. The van der Waals surface area contributed by atoms with Crippen LogP contribution in [0.4, 0.5) is 0 Å². The van der Waals surface area contributed by atoms with Crippen molar-refractivity contribution in [3.8, 4) is 12.3 Å². The molecule has 1 aromatic heterocycles. The molecule has 0 bridgehead atoms. The summed E-state index contributed by atoms with van der Waals surface area (Å²) in [6.45, 7) is 0. The third kappa shape index (κ3) is 1.12. The molecule has 2 aromatic rings. The smallest absolute Gasteiger partial charge is 0.269 e. The highest BCUT2D eigenvalue weighted by molar-refractivity contribution is 6.04. The minimum atomic E-state index is -0.551. The third-order valence-electron chi connectivity index (χ3n) is 1.96. The molecule has 1 heterocycles. The summed E-state index contributed by atoms with van der Waals surface area (Å²) in [5.41, 5.74) is 6.82. The Kier molecular flexibility index (Phi) is 1.72. The molecule has 14 heavy (non-hydrogen) atoms. The number of hydrogen-bond acceptors (Lipinski definition) is 2. The van der Waals surface area contributed by atoms with Crippen LogP contribution in [0.2, 0.25) is 0 Å². The van der Waals surface area contributed by atoms with E-state index < -0.39 is 5.91 Å². The van der Waals surface area contributed by atoms with Crippen molar-refractivity contribution in [2.75, 3.05) is 0 Å². The van der Waals surface area contributed by atoms with Crippen LogP contribution in [0.5, 0.6) is 0 Å². The molecule has 0 saturated heterocycles. The van der Waals surface area contributed by atoms with Crippen molar-refractivity contribution in [2.24, 2.45) is 5.73 Å². The standard InChI is InChI=1S/C10H7N3O/c1-2-6-3-4-7-8(5-6)12-13-9(7)10(11)14/h1,3-5H,(H2,11,14)(H,12,13). The van der Waals surface area contributed by atoms with Crippen LogP contribution < -0.4 is 5.73 Å². The molecule has 4 heteroatoms. The number of amides is 1. The second kappa shape index (κ2) is 2.89. The molecule has 0 radical (unpaired) electrons. The fraction of sp³-hybridized carbons (Fsp3) is 0. The van der Waals surface area contributed by atoms with Crippen molar-refractivity contribution in [3.05, 3.63) is 29.5 Å². The van der Waals surface area contributed by atoms with Gasteiger partial charge in [0.15, 0.2) is 5.69 Å². The monoisotopic (exact) mass is 185 g/mol. The molecule has 0 fully saturated rings. The largest absolute Gasteiger partial charge is 0.364 e. The molecule has 0 atom stereocenters. The maximum Gasteiger partial charge on any atom is 0.269 e. The van der Waals surface area contributed by atoms with Crippen LogP contribution in [0, 0.1) is 12.3 Å². The normalized spacial score (nSPS) is 9.93. The lowest BCUT2D eigenvalue weighted by Gasteiger charge is -1.92. The van der Waals surface area contributed by atoms with E-state index in [2.05, 4.69) is 16.1 Å². The zero-order chi connectivity index (χ0) is 10.1. The molecule has 1 aromatic carbocycles. The number of nitrogens with two attached hydrogens (primary N) is 1. The summed E-state index contributed by atoms with van der Waals surface area (Å²) < 4.78 is 0. The van der Waals surface area contributed by atoms with Crippen molar-refractivity contribution in [3.63, 3.8) is 0 Å². The van der Waals surface area contributed by atoms with Gasteiger partial charge in [0.1, 0.15) is 0 Å². The maximum absolute atomic E-state index is 10.9. The summed E-state index contributed by atoms with van der Waals surface area (Å²) in [7, 11) is 0. The number of H-pyrrole nitrogens is 1. The summed E-state index contributed by atoms with van der Waals surface area (Å²) >= 11 is 0. The van der Waals surface area contributed by atoms with Crippen molar-refractivity contribution in [2.45, 2.75) is 0 Å². The van der Waals surface area contributed by atoms with E-state index in [-0.39, 0.29) is 5.69 Å². The Bertz CT molecular complexity index is 548. The second-order valence-electron chi connectivity index (χ2n) is 2.84. The van der Waals surface area contributed by atoms with E-state index >= 15 is 0 Å². The summed E-state index contributed by atoms with van der Waals surface area (Å²) in [6, 6.07) is 5.22. The highest BCUT2D eigenvalue weighted by Crippen LogP contribution is 2.16. The van der Waals surface area contributed by atoms with E-state index in [4.69, 9.17) is 12.2 Å². The molecule has 0 aliphatic carbocycles. The fourth-order valence-corrected chi connectivity index (χ4v) is 1.30. The predicted molar refractivity (Wildman–Crippen MR) is 52.5 cm³/mol. The fourth-order valence-electron chi connectivity index (χ4n) is 1.30. The molecule has 0 saturated carbocycles. The number of primary amides is 1. The van der Waals surface area contributed by atoms with Gasteiger partial charge in [-0.1, -0.05) is 5.92 Å². The van der Waals surface area contributed by atoms with E-state index in [0.29, 0.717) is 10.9 Å². The number of aromatic amines is 1. The first kappa shape index (κ1) is 8.32. The third-order valence-corrected chi connectivity index (χ3v) is 1.96. The first-order chi connectivity index (χ1) is 6.72. The van der Waals surface area contributed by atoms with E-state index in [1.165, 1.54) is 0 Å². The molecule has 0 aliphatic heterocycles. The minimum Gasteiger partial charge on any atom is -0.364 e. The Hall–Kier alpha value is -2.28. The van der Waals surface area contributed by atoms with Crippen LogP contribution in [-0.2, 0) is 0 Å². The van der Waals surface area contributed by atoms with Gasteiger partial charge in [-0.3, -0.25) is 9.89 Å². The van der Waals surface area contributed by atoms with Crippen LogP contribution in [0.1, 0.15) is 16.1 Å². The first-order valence-electron chi connectivity index (χ1n) is 3.97. The van der Waals surface area contributed by atoms with Gasteiger partial charge in [0.25, 0.3) is 5.91 Å². The van der Waals surface area contributed by atoms with E-state index in [0.717, 1.165) is 5.56 Å². The number of carbonyl (C=O) groups excluding carboxylic acids is 1. The zero-order valence-electron chi connectivity index (χ0n) is 7.24. The molecule has 0 spiro atoms. The molecule has 3 N–H and O–H groups in total. The summed E-state index contributed by atoms with van der Waals surface area (Å²) in [5.74, 6) is 1.94. The topological polar surface area (TPSA) is 71.8 Å². The van der Waals surface area contributed by atoms with Gasteiger partial charge in [-0.15, -0.1) is 6.42 Å². The van der Waals surface area contributed by atoms with E-state index in [1.807, 2.05) is 0 Å². The number of nitrogens with one attached hydrogen (secondary N) is 1. The van der Waals surface area contributed by atoms with E-state index in [1.54, 1.807) is 18.2 Å². The molecular formula is C10H7N3O. The molecule has 0 unspecified atom stereocenters. The number of hydrogen-bond donors (Lipinski definition) is 2. The van der Waals surface area contributed by atoms with Crippen molar-refractivity contribution in [1.29, 1.82) is 0 Å². The van der Waals surface area contributed by atoms with E-state index in [9.17, 15) is 4.79 Å². The number of benzene rings is 1. The number of fused-ring (bicyclic) bond motifs is 1. The summed E-state index contributed by atoms with van der Waals surface area (Å²) in [6.07, 6.45) is 5.23. The number of terminal acetylenes is 1. The van der Waals surface area contributed by atoms with Crippen LogP contribution in [-0.4, -0.2) is 16.1 Å². The zero-order valence-corrected chi connectivity index (χ0v) is 7.24. The van der Waals surface area contributed by atoms with Crippen molar-refractivity contribution in [1.82, 2.24) is 10.2 Å². The van der Waals surface area contributed by atoms with Gasteiger partial charge in [0.05, 0.1) is 5.52 Å². The van der Waals surface area contributed by atoms with Gasteiger partial charge in [-0.05, 0) is 18.2 Å². The summed E-state index contributed by atoms with van der Waals surface area (Å²) in [5, 5.41) is 7.19. The van der Waals surface area contributed by atoms with Crippen LogP contribution >= 0.6 is 0 Å². The maximum atomic E-state index is 10.9. The van der Waals surface area contributed by atoms with Gasteiger partial charge in [0.2, 0.25) is 0 Å². The Labute approximate surface area is 80.1 Å². The van der Waals surface area contributed by atoms with Crippen molar-refractivity contribution >= 4 is 16.8 Å². The van der Waals surface area contributed by atoms with Crippen LogP contribution in [0.15, 0.2) is 18.2 Å². The van der Waals surface area contributed by atoms with Crippen LogP contribution in [0.25, 0.3) is 10.9 Å².